The second kappa shape index (κ2) is 20.0. The fraction of sp³-hybridized carbons (Fsp3) is 0.211. The van der Waals surface area contributed by atoms with E-state index in [2.05, 4.69) is 109 Å². The van der Waals surface area contributed by atoms with Crippen molar-refractivity contribution < 1.29 is 20.4 Å². The van der Waals surface area contributed by atoms with Gasteiger partial charge in [-0.05, 0) is 152 Å². The molecule has 4 aliphatic rings. The third-order valence-electron chi connectivity index (χ3n) is 19.4. The molecular weight excluding hydrogens is 977 g/mol. The molecule has 0 unspecified atom stereocenters. The van der Waals surface area contributed by atoms with Crippen LogP contribution in [-0.4, -0.2) is 20.4 Å². The molecular formula is C76H66O4. The van der Waals surface area contributed by atoms with Crippen LogP contribution in [0.2, 0.25) is 0 Å². The average molecular weight is 1040 g/mol. The molecule has 4 N–H and O–H groups in total. The zero-order valence-corrected chi connectivity index (χ0v) is 45.0. The van der Waals surface area contributed by atoms with Crippen molar-refractivity contribution >= 4 is 0 Å². The molecule has 14 rings (SSSR count). The number of rotatable bonds is 13. The van der Waals surface area contributed by atoms with E-state index < -0.39 is 22.4 Å². The molecule has 0 spiro atoms. The van der Waals surface area contributed by atoms with Crippen LogP contribution in [0.15, 0.2) is 255 Å². The summed E-state index contributed by atoms with van der Waals surface area (Å²) in [5, 5.41) is 54.8. The molecule has 4 atom stereocenters. The Morgan fingerprint density at radius 2 is 0.362 bits per heavy atom. The van der Waals surface area contributed by atoms with Crippen molar-refractivity contribution in [1.29, 1.82) is 0 Å². The molecule has 0 radical (unpaired) electrons. The number of aliphatic hydroxyl groups is 4. The Morgan fingerprint density at radius 1 is 0.212 bits per heavy atom. The van der Waals surface area contributed by atoms with Crippen molar-refractivity contribution in [3.63, 3.8) is 0 Å². The largest absolute Gasteiger partial charge is 0.380 e. The fourth-order valence-electron chi connectivity index (χ4n) is 15.6. The lowest BCUT2D eigenvalue weighted by molar-refractivity contribution is 0.0194. The van der Waals surface area contributed by atoms with Gasteiger partial charge in [0, 0.05) is 23.7 Å². The Hall–Kier alpha value is -7.96. The van der Waals surface area contributed by atoms with Gasteiger partial charge in [-0.2, -0.15) is 0 Å². The van der Waals surface area contributed by atoms with Gasteiger partial charge in [0.15, 0.2) is 0 Å². The summed E-state index contributed by atoms with van der Waals surface area (Å²) in [4.78, 5) is 0. The maximum absolute atomic E-state index is 13.7. The molecule has 80 heavy (non-hydrogen) atoms. The quantitative estimate of drug-likeness (QED) is 0.0928. The molecule has 0 fully saturated rings. The molecule has 0 amide bonds. The number of fused-ring (bicyclic) bond motifs is 4. The van der Waals surface area contributed by atoms with E-state index in [1.165, 1.54) is 55.6 Å². The van der Waals surface area contributed by atoms with Crippen LogP contribution in [0.3, 0.4) is 0 Å². The minimum Gasteiger partial charge on any atom is -0.380 e. The van der Waals surface area contributed by atoms with E-state index >= 15 is 0 Å². The molecule has 4 heteroatoms. The Kier molecular flexibility index (Phi) is 12.6. The van der Waals surface area contributed by atoms with Gasteiger partial charge in [-0.15, -0.1) is 0 Å². The lowest BCUT2D eigenvalue weighted by atomic mass is 9.73. The maximum atomic E-state index is 13.7. The third kappa shape index (κ3) is 8.02. The van der Waals surface area contributed by atoms with Crippen molar-refractivity contribution in [2.24, 2.45) is 23.7 Å². The second-order valence-corrected chi connectivity index (χ2v) is 23.5. The molecule has 0 bridgehead atoms. The highest BCUT2D eigenvalue weighted by Gasteiger charge is 2.51. The molecule has 10 aromatic rings. The van der Waals surface area contributed by atoms with E-state index in [-0.39, 0.29) is 23.7 Å². The van der Waals surface area contributed by atoms with Gasteiger partial charge in [0.2, 0.25) is 0 Å². The molecule has 394 valence electrons. The highest BCUT2D eigenvalue weighted by Crippen LogP contribution is 2.58. The number of benzene rings is 10. The first-order valence-electron chi connectivity index (χ1n) is 28.8. The van der Waals surface area contributed by atoms with Gasteiger partial charge in [0.05, 0.1) is 0 Å². The highest BCUT2D eigenvalue weighted by atomic mass is 16.3. The van der Waals surface area contributed by atoms with Gasteiger partial charge in [0.1, 0.15) is 22.4 Å². The first-order valence-corrected chi connectivity index (χ1v) is 28.8. The van der Waals surface area contributed by atoms with Gasteiger partial charge in [-0.1, -0.05) is 255 Å². The van der Waals surface area contributed by atoms with Gasteiger partial charge >= 0.3 is 0 Å². The van der Waals surface area contributed by atoms with E-state index in [0.29, 0.717) is 51.4 Å². The second-order valence-electron chi connectivity index (χ2n) is 23.5. The van der Waals surface area contributed by atoms with Gasteiger partial charge in [-0.3, -0.25) is 0 Å². The number of hydrogen-bond donors (Lipinski definition) is 4. The van der Waals surface area contributed by atoms with Crippen molar-refractivity contribution in [3.05, 3.63) is 344 Å². The Labute approximate surface area is 470 Å². The maximum Gasteiger partial charge on any atom is 0.118 e. The van der Waals surface area contributed by atoms with Crippen LogP contribution in [0.4, 0.5) is 0 Å². The zero-order valence-electron chi connectivity index (χ0n) is 45.0. The topological polar surface area (TPSA) is 80.9 Å². The van der Waals surface area contributed by atoms with Crippen LogP contribution in [0, 0.1) is 23.7 Å². The molecule has 0 saturated heterocycles. The monoisotopic (exact) mass is 1040 g/mol. The predicted octanol–water partition coefficient (Wildman–Crippen LogP) is 14.0. The zero-order chi connectivity index (χ0) is 54.1. The molecule has 0 aromatic heterocycles. The normalized spacial score (nSPS) is 18.6. The molecule has 4 aliphatic carbocycles. The van der Waals surface area contributed by atoms with Crippen molar-refractivity contribution in [2.75, 3.05) is 0 Å². The predicted molar refractivity (Wildman–Crippen MR) is 319 cm³/mol. The van der Waals surface area contributed by atoms with E-state index in [0.717, 1.165) is 44.5 Å². The standard InChI is InChI=1S/C76H66O4/c77-73(55-25-9-1-10-26-55,56-27-11-2-12-28-56)63-43-51-41-52-44-64(74(78,57-29-13-3-14-30-57)58-31-15-4-16-32-58)48-68(52)71(67(51)47-63)72-69-49-65(75(79,59-33-17-5-18-34-59)60-35-19-6-20-36-60)45-53(69)42-54-46-66(50-70(54)72)76(80,61-37-21-7-22-38-61)62-39-23-8-24-40-62/h1-42,63-66,77-80H,43-50H2/t63-,64-,65-,66-/m1/s1. The van der Waals surface area contributed by atoms with Crippen LogP contribution in [-0.2, 0) is 73.8 Å². The summed E-state index contributed by atoms with van der Waals surface area (Å²) in [5.41, 5.74) is 14.3. The van der Waals surface area contributed by atoms with Crippen LogP contribution in [0.1, 0.15) is 89.0 Å². The van der Waals surface area contributed by atoms with E-state index in [4.69, 9.17) is 0 Å². The van der Waals surface area contributed by atoms with Crippen LogP contribution >= 0.6 is 0 Å². The summed E-state index contributed by atoms with van der Waals surface area (Å²) in [7, 11) is 0. The van der Waals surface area contributed by atoms with Crippen LogP contribution in [0.5, 0.6) is 0 Å². The highest BCUT2D eigenvalue weighted by molar-refractivity contribution is 5.84. The Bertz CT molecular complexity index is 3170. The first kappa shape index (κ1) is 50.3. The van der Waals surface area contributed by atoms with Gasteiger partial charge in [0.25, 0.3) is 0 Å². The summed E-state index contributed by atoms with van der Waals surface area (Å²) >= 11 is 0. The van der Waals surface area contributed by atoms with E-state index in [1.54, 1.807) is 0 Å². The van der Waals surface area contributed by atoms with Crippen LogP contribution < -0.4 is 0 Å². The third-order valence-corrected chi connectivity index (χ3v) is 19.4. The summed E-state index contributed by atoms with van der Waals surface area (Å²) in [5.74, 6) is -0.786. The smallest absolute Gasteiger partial charge is 0.118 e. The minimum atomic E-state index is -1.30. The molecule has 10 aromatic carbocycles. The molecule has 4 nitrogen and oxygen atoms in total. The Morgan fingerprint density at radius 3 is 0.512 bits per heavy atom. The summed E-state index contributed by atoms with van der Waals surface area (Å²) in [6, 6.07) is 86.9. The first-order chi connectivity index (χ1) is 39.2. The fourth-order valence-corrected chi connectivity index (χ4v) is 15.6. The van der Waals surface area contributed by atoms with Crippen molar-refractivity contribution in [3.8, 4) is 11.1 Å². The van der Waals surface area contributed by atoms with E-state index in [1.807, 2.05) is 146 Å². The average Bonchev–Trinajstić information content (AvgIpc) is 4.54. The molecule has 0 aliphatic heterocycles. The van der Waals surface area contributed by atoms with Crippen LogP contribution in [0.25, 0.3) is 11.1 Å². The van der Waals surface area contributed by atoms with Gasteiger partial charge < -0.3 is 20.4 Å². The summed E-state index contributed by atoms with van der Waals surface area (Å²) in [6.07, 6.45) is 5.17. The van der Waals surface area contributed by atoms with Gasteiger partial charge in [-0.25, -0.2) is 0 Å². The molecule has 0 heterocycles. The SMILES string of the molecule is OC(c1ccccc1)(c1ccccc1)[C@@H]1Cc2cc3c(c(-c4c5c(cc6c4C[C@H](C(O)(c4ccccc4)c4ccccc4)C6)C[C@@H](C(O)(c4ccccc4)c4ccccc4)C5)c2C1)C[C@H](C(O)(c1ccccc1)c1ccccc1)C3. The minimum absolute atomic E-state index is 0.197. The Balaban J connectivity index is 1.01. The van der Waals surface area contributed by atoms with Crippen molar-refractivity contribution in [1.82, 2.24) is 0 Å². The molecule has 0 saturated carbocycles. The van der Waals surface area contributed by atoms with E-state index in [9.17, 15) is 20.4 Å². The number of hydrogen-bond acceptors (Lipinski definition) is 4. The van der Waals surface area contributed by atoms with Crippen molar-refractivity contribution in [2.45, 2.75) is 73.8 Å². The summed E-state index contributed by atoms with van der Waals surface area (Å²) in [6.45, 7) is 0. The lowest BCUT2D eigenvalue weighted by Crippen LogP contribution is -2.37. The summed E-state index contributed by atoms with van der Waals surface area (Å²) < 4.78 is 0. The lowest BCUT2D eigenvalue weighted by Gasteiger charge is -2.36.